The first-order valence-electron chi connectivity index (χ1n) is 7.86. The second-order valence-corrected chi connectivity index (χ2v) is 10.6. The number of hydrazine groups is 1. The van der Waals surface area contributed by atoms with Gasteiger partial charge in [-0.05, 0) is 13.3 Å². The lowest BCUT2D eigenvalue weighted by Gasteiger charge is -2.22. The number of hydrogen-bond donors (Lipinski definition) is 5. The van der Waals surface area contributed by atoms with Gasteiger partial charge in [-0.2, -0.15) is 0 Å². The van der Waals surface area contributed by atoms with E-state index in [-0.39, 0.29) is 54.2 Å². The van der Waals surface area contributed by atoms with Crippen molar-refractivity contribution in [3.8, 4) is 0 Å². The van der Waals surface area contributed by atoms with E-state index in [1.165, 1.54) is 5.01 Å². The van der Waals surface area contributed by atoms with E-state index in [0.29, 0.717) is 32.5 Å². The molecular weight excluding hydrogens is 436 g/mol. The quantitative estimate of drug-likeness (QED) is 0.158. The Balaban J connectivity index is -0.0000000396. The van der Waals surface area contributed by atoms with Gasteiger partial charge in [0.1, 0.15) is 20.1 Å². The normalized spacial score (nSPS) is 8.77. The lowest BCUT2D eigenvalue weighted by molar-refractivity contribution is -0.0980. The van der Waals surface area contributed by atoms with E-state index in [0.717, 1.165) is 0 Å². The fourth-order valence-corrected chi connectivity index (χ4v) is 2.63. The summed E-state index contributed by atoms with van der Waals surface area (Å²) >= 11 is 0. The molecule has 11 nitrogen and oxygen atoms in total. The van der Waals surface area contributed by atoms with E-state index >= 15 is 0 Å². The van der Waals surface area contributed by atoms with Crippen molar-refractivity contribution in [2.75, 3.05) is 85.6 Å². The molecule has 0 fully saturated rings. The van der Waals surface area contributed by atoms with Crippen LogP contribution in [0.3, 0.4) is 0 Å². The van der Waals surface area contributed by atoms with Gasteiger partial charge in [0.2, 0.25) is 0 Å². The Morgan fingerprint density at radius 1 is 0.833 bits per heavy atom. The van der Waals surface area contributed by atoms with Crippen LogP contribution in [0.4, 0.5) is 0 Å². The first kappa shape index (κ1) is 51.9. The third-order valence-electron chi connectivity index (χ3n) is 2.15. The van der Waals surface area contributed by atoms with E-state index < -0.39 is 14.9 Å². The van der Waals surface area contributed by atoms with E-state index in [9.17, 15) is 9.13 Å². The topological polar surface area (TPSA) is 196 Å². The van der Waals surface area contributed by atoms with Gasteiger partial charge in [0, 0.05) is 26.2 Å². The zero-order chi connectivity index (χ0) is 21.6. The third-order valence-corrected chi connectivity index (χ3v) is 3.23. The van der Waals surface area contributed by atoms with Gasteiger partial charge >= 0.3 is 7.80 Å². The summed E-state index contributed by atoms with van der Waals surface area (Å²) in [6, 6.07) is 0. The average Bonchev–Trinajstić information content (AvgIpc) is 2.49. The standard InChI is InChI=1S/C7H18NO3P.C4H12N2O2.C2H6OP.CH2O.3CH4.H2O/c1-12(2,11)7-8(3-5-9)4-6-10;5-6(1-3-7)2-4-8;1-4(2)3;1-2;;;;/h9-10H,3-7H2,1-2H3;7-8H,1-5H2;1-2H3;1H2;3*1H4;1H2/q;;+1;;;;;. The Morgan fingerprint density at radius 2 is 1.07 bits per heavy atom. The summed E-state index contributed by atoms with van der Waals surface area (Å²) in [5.74, 6) is 5.21. The van der Waals surface area contributed by atoms with E-state index in [2.05, 4.69) is 0 Å². The van der Waals surface area contributed by atoms with Crippen LogP contribution in [0, 0.1) is 0 Å². The van der Waals surface area contributed by atoms with Gasteiger partial charge in [0.25, 0.3) is 0 Å². The molecule has 0 saturated carbocycles. The van der Waals surface area contributed by atoms with Crippen LogP contribution in [0.5, 0.6) is 0 Å². The molecule has 0 heterocycles. The summed E-state index contributed by atoms with van der Waals surface area (Å²) in [6.45, 7) is 10.7. The van der Waals surface area contributed by atoms with Crippen molar-refractivity contribution in [1.82, 2.24) is 9.91 Å². The van der Waals surface area contributed by atoms with Crippen molar-refractivity contribution in [2.24, 2.45) is 5.84 Å². The Morgan fingerprint density at radius 3 is 1.23 bits per heavy atom. The maximum atomic E-state index is 11.4. The van der Waals surface area contributed by atoms with Crippen molar-refractivity contribution in [1.29, 1.82) is 0 Å². The highest BCUT2D eigenvalue weighted by Gasteiger charge is 2.13. The van der Waals surface area contributed by atoms with Crippen molar-refractivity contribution in [2.45, 2.75) is 22.3 Å². The molecule has 0 radical (unpaired) electrons. The van der Waals surface area contributed by atoms with Gasteiger partial charge in [-0.3, -0.25) is 10.7 Å². The van der Waals surface area contributed by atoms with Crippen LogP contribution in [-0.2, 0) is 13.9 Å². The Kier molecular flexibility index (Phi) is 67.8. The summed E-state index contributed by atoms with van der Waals surface area (Å²) in [6.07, 6.45) is 0.466. The molecule has 0 unspecified atom stereocenters. The minimum absolute atomic E-state index is 0. The number of hydrogen-bond acceptors (Lipinski definition) is 10. The first-order valence-corrected chi connectivity index (χ1v) is 12.8. The highest BCUT2D eigenvalue weighted by Crippen LogP contribution is 2.36. The molecule has 192 valence electrons. The molecule has 0 bridgehead atoms. The molecule has 0 aromatic rings. The van der Waals surface area contributed by atoms with Gasteiger partial charge in [-0.1, -0.05) is 26.8 Å². The highest BCUT2D eigenvalue weighted by molar-refractivity contribution is 7.62. The third kappa shape index (κ3) is 70.8. The lowest BCUT2D eigenvalue weighted by atomic mass is 10.5. The number of carbonyl (C=O) groups excluding carboxylic acids is 1. The molecule has 8 N–H and O–H groups in total. The minimum Gasteiger partial charge on any atom is -0.412 e. The highest BCUT2D eigenvalue weighted by atomic mass is 31.2. The van der Waals surface area contributed by atoms with Gasteiger partial charge in [0.15, 0.2) is 0 Å². The number of nitrogens with two attached hydrogens (primary N) is 1. The largest absolute Gasteiger partial charge is 0.412 e. The second-order valence-electron chi connectivity index (χ2n) is 5.58. The smallest absolute Gasteiger partial charge is 0.332 e. The molecule has 0 amide bonds. The lowest BCUT2D eigenvalue weighted by Crippen LogP contribution is -2.35. The number of nitrogens with zero attached hydrogens (tertiary/aromatic N) is 2. The van der Waals surface area contributed by atoms with Crippen molar-refractivity contribution >= 4 is 21.7 Å². The van der Waals surface area contributed by atoms with Gasteiger partial charge in [-0.25, -0.2) is 5.01 Å². The van der Waals surface area contributed by atoms with Gasteiger partial charge < -0.3 is 35.3 Å². The SMILES string of the molecule is C.C.C.C=O.CP(C)(=O)CN(CCO)CCO.C[P+](C)=O.NN(CCO)CCO.O. The predicted molar refractivity (Wildman–Crippen MR) is 130 cm³/mol. The second kappa shape index (κ2) is 39.2. The average molecular weight is 489 g/mol. The fourth-order valence-electron chi connectivity index (χ4n) is 1.39. The van der Waals surface area contributed by atoms with E-state index in [4.69, 9.17) is 31.1 Å². The number of aliphatic hydroxyl groups excluding tert-OH is 4. The van der Waals surface area contributed by atoms with Crippen LogP contribution in [-0.4, -0.2) is 128 Å². The number of rotatable bonds is 10. The van der Waals surface area contributed by atoms with Gasteiger partial charge in [0.05, 0.1) is 39.9 Å². The number of carbonyl (C=O) groups is 1. The zero-order valence-corrected chi connectivity index (χ0v) is 18.7. The minimum atomic E-state index is -2.08. The van der Waals surface area contributed by atoms with Crippen molar-refractivity contribution in [3.05, 3.63) is 0 Å². The monoisotopic (exact) mass is 488 g/mol. The summed E-state index contributed by atoms with van der Waals surface area (Å²) in [4.78, 5) is 9.81. The fraction of sp³-hybridized carbons (Fsp3) is 0.941. The Labute approximate surface area is 185 Å². The van der Waals surface area contributed by atoms with Crippen LogP contribution in [0.15, 0.2) is 0 Å². The first-order chi connectivity index (χ1) is 12.0. The molecule has 13 heteroatoms. The molecule has 0 spiro atoms. The molecule has 0 aliphatic carbocycles. The molecule has 0 aromatic heterocycles. The Hall–Kier alpha value is -0.320. The van der Waals surface area contributed by atoms with Crippen molar-refractivity contribution < 1.29 is 39.8 Å². The van der Waals surface area contributed by atoms with Gasteiger partial charge in [-0.15, -0.1) is 0 Å². The molecule has 0 saturated heterocycles. The maximum Gasteiger partial charge on any atom is 0.332 e. The van der Waals surface area contributed by atoms with Crippen LogP contribution >= 0.6 is 14.9 Å². The van der Waals surface area contributed by atoms with E-state index in [1.807, 2.05) is 6.79 Å². The molecule has 30 heavy (non-hydrogen) atoms. The molecular formula is C17H52N3O8P2+. The van der Waals surface area contributed by atoms with Crippen LogP contribution in [0.25, 0.3) is 0 Å². The Bertz CT molecular complexity index is 335. The summed E-state index contributed by atoms with van der Waals surface area (Å²) in [7, 11) is -2.95. The maximum absolute atomic E-state index is 11.4. The van der Waals surface area contributed by atoms with E-state index in [1.54, 1.807) is 31.6 Å². The number of aliphatic hydroxyl groups is 4. The predicted octanol–water partition coefficient (Wildman–Crippen LogP) is -0.0280. The zero-order valence-electron chi connectivity index (χ0n) is 17.0. The van der Waals surface area contributed by atoms with Crippen molar-refractivity contribution in [3.63, 3.8) is 0 Å². The molecule has 0 aliphatic heterocycles. The summed E-state index contributed by atoms with van der Waals surface area (Å²) in [5, 5.41) is 35.2. The molecule has 0 rings (SSSR count). The molecule has 0 atom stereocenters. The summed E-state index contributed by atoms with van der Waals surface area (Å²) in [5.41, 5.74) is 0. The molecule has 0 aliphatic rings. The summed E-state index contributed by atoms with van der Waals surface area (Å²) < 4.78 is 21.0. The molecule has 0 aromatic carbocycles. The van der Waals surface area contributed by atoms with Crippen LogP contribution < -0.4 is 5.84 Å². The van der Waals surface area contributed by atoms with Crippen LogP contribution in [0.1, 0.15) is 22.3 Å². The van der Waals surface area contributed by atoms with Crippen LogP contribution in [0.2, 0.25) is 0 Å².